The lowest BCUT2D eigenvalue weighted by Crippen LogP contribution is -2.36. The van der Waals surface area contributed by atoms with Crippen molar-refractivity contribution in [3.05, 3.63) is 23.3 Å². The van der Waals surface area contributed by atoms with Crippen LogP contribution in [0.3, 0.4) is 0 Å². The summed E-state index contributed by atoms with van der Waals surface area (Å²) in [5, 5.41) is 0. The summed E-state index contributed by atoms with van der Waals surface area (Å²) in [7, 11) is 0. The van der Waals surface area contributed by atoms with Gasteiger partial charge in [0.05, 0.1) is 6.61 Å². The van der Waals surface area contributed by atoms with Crippen molar-refractivity contribution >= 4 is 12.4 Å². The fraction of sp³-hybridized carbons (Fsp3) is 0.333. The average Bonchev–Trinajstić information content (AvgIpc) is 2.50. The molecule has 1 aliphatic heterocycles. The molecule has 1 aliphatic rings. The van der Waals surface area contributed by atoms with Crippen LogP contribution in [-0.2, 0) is 6.42 Å². The van der Waals surface area contributed by atoms with Gasteiger partial charge in [0.1, 0.15) is 5.75 Å². The van der Waals surface area contributed by atoms with E-state index in [4.69, 9.17) is 4.74 Å². The van der Waals surface area contributed by atoms with Crippen LogP contribution in [0.5, 0.6) is 5.75 Å². The summed E-state index contributed by atoms with van der Waals surface area (Å²) in [6, 6.07) is 2.53. The molecule has 0 saturated carbocycles. The molecule has 1 nitrogen and oxygen atoms in total. The lowest BCUT2D eigenvalue weighted by atomic mass is 9.75. The quantitative estimate of drug-likeness (QED) is 0.631. The zero-order valence-electron chi connectivity index (χ0n) is 7.69. The smallest absolute Gasteiger partial charge is 0.493 e. The van der Waals surface area contributed by atoms with Gasteiger partial charge >= 0.3 is 6.98 Å². The third-order valence-electron chi connectivity index (χ3n) is 2.56. The molecule has 1 aromatic rings. The van der Waals surface area contributed by atoms with Crippen molar-refractivity contribution in [3.63, 3.8) is 0 Å². The van der Waals surface area contributed by atoms with Gasteiger partial charge in [-0.3, -0.25) is 0 Å². The summed E-state index contributed by atoms with van der Waals surface area (Å²) in [5.41, 5.74) is 0.545. The Balaban J connectivity index is 2.56. The number of halogens is 3. The van der Waals surface area contributed by atoms with Gasteiger partial charge in [-0.1, -0.05) is 11.6 Å². The number of fused-ring (bicyclic) bond motifs is 1. The molecule has 0 spiro atoms. The van der Waals surface area contributed by atoms with Crippen LogP contribution in [0.1, 0.15) is 11.1 Å². The van der Waals surface area contributed by atoms with E-state index in [1.807, 2.05) is 0 Å². The van der Waals surface area contributed by atoms with Crippen LogP contribution in [0.15, 0.2) is 12.1 Å². The largest absolute Gasteiger partial charge is 0.509 e. The predicted octanol–water partition coefficient (Wildman–Crippen LogP) is 1.98. The zero-order valence-corrected chi connectivity index (χ0v) is 7.69. The summed E-state index contributed by atoms with van der Waals surface area (Å²) in [6.07, 6.45) is 0.584. The third-order valence-corrected chi connectivity index (χ3v) is 2.56. The maximum Gasteiger partial charge on any atom is 0.509 e. The van der Waals surface area contributed by atoms with Gasteiger partial charge in [0.2, 0.25) is 0 Å². The Hall–Kier alpha value is -1.13. The second-order valence-electron chi connectivity index (χ2n) is 3.43. The Morgan fingerprint density at radius 2 is 2.00 bits per heavy atom. The number of hydrogen-bond donors (Lipinski definition) is 0. The van der Waals surface area contributed by atoms with Crippen LogP contribution in [0.2, 0.25) is 0 Å². The second kappa shape index (κ2) is 2.93. The van der Waals surface area contributed by atoms with Crippen LogP contribution in [0, 0.1) is 6.92 Å². The molecule has 76 valence electrons. The molecule has 14 heavy (non-hydrogen) atoms. The van der Waals surface area contributed by atoms with Crippen molar-refractivity contribution in [1.29, 1.82) is 0 Å². The molecule has 0 unspecified atom stereocenters. The van der Waals surface area contributed by atoms with Gasteiger partial charge in [-0.25, -0.2) is 0 Å². The molecule has 1 aromatic carbocycles. The molecule has 2 rings (SSSR count). The molecular formula is C9H9BF3O-. The van der Waals surface area contributed by atoms with Crippen LogP contribution in [0.4, 0.5) is 12.9 Å². The number of hydrogen-bond acceptors (Lipinski definition) is 1. The molecule has 0 aromatic heterocycles. The molecule has 0 bridgehead atoms. The van der Waals surface area contributed by atoms with E-state index in [0.717, 1.165) is 6.07 Å². The van der Waals surface area contributed by atoms with E-state index in [2.05, 4.69) is 0 Å². The van der Waals surface area contributed by atoms with Crippen molar-refractivity contribution < 1.29 is 17.7 Å². The van der Waals surface area contributed by atoms with Gasteiger partial charge in [0, 0.05) is 6.42 Å². The van der Waals surface area contributed by atoms with Gasteiger partial charge in [0.15, 0.2) is 0 Å². The molecular weight excluding hydrogens is 192 g/mol. The Morgan fingerprint density at radius 3 is 2.64 bits per heavy atom. The fourth-order valence-corrected chi connectivity index (χ4v) is 1.81. The van der Waals surface area contributed by atoms with Gasteiger partial charge in [-0.05, 0) is 18.6 Å². The minimum Gasteiger partial charge on any atom is -0.493 e. The molecule has 0 aliphatic carbocycles. The van der Waals surface area contributed by atoms with Crippen molar-refractivity contribution in [2.45, 2.75) is 13.3 Å². The number of rotatable bonds is 1. The summed E-state index contributed by atoms with van der Waals surface area (Å²) in [6.45, 7) is -2.90. The van der Waals surface area contributed by atoms with Crippen molar-refractivity contribution in [3.8, 4) is 5.75 Å². The topological polar surface area (TPSA) is 9.23 Å². The maximum atomic E-state index is 12.5. The first-order chi connectivity index (χ1) is 6.50. The van der Waals surface area contributed by atoms with Crippen molar-refractivity contribution in [1.82, 2.24) is 0 Å². The first-order valence-electron chi connectivity index (χ1n) is 4.45. The zero-order chi connectivity index (χ0) is 10.3. The van der Waals surface area contributed by atoms with Crippen LogP contribution >= 0.6 is 0 Å². The SMILES string of the molecule is Cc1c([B-](F)(F)F)ccc2c1CCO2. The van der Waals surface area contributed by atoms with E-state index in [-0.39, 0.29) is 0 Å². The first kappa shape index (κ1) is 9.43. The average molecular weight is 201 g/mol. The van der Waals surface area contributed by atoms with Gasteiger partial charge < -0.3 is 17.7 Å². The Bertz CT molecular complexity index is 373. The first-order valence-corrected chi connectivity index (χ1v) is 4.45. The van der Waals surface area contributed by atoms with E-state index in [1.54, 1.807) is 0 Å². The summed E-state index contributed by atoms with van der Waals surface area (Å²) >= 11 is 0. The highest BCUT2D eigenvalue weighted by Crippen LogP contribution is 2.28. The fourth-order valence-electron chi connectivity index (χ4n) is 1.81. The van der Waals surface area contributed by atoms with E-state index < -0.39 is 12.4 Å². The molecule has 5 heteroatoms. The Morgan fingerprint density at radius 1 is 1.29 bits per heavy atom. The van der Waals surface area contributed by atoms with Crippen LogP contribution in [-0.4, -0.2) is 13.6 Å². The monoisotopic (exact) mass is 201 g/mol. The van der Waals surface area contributed by atoms with Crippen molar-refractivity contribution in [2.24, 2.45) is 0 Å². The molecule has 0 atom stereocenters. The lowest BCUT2D eigenvalue weighted by molar-refractivity contribution is 0.357. The highest BCUT2D eigenvalue weighted by atomic mass is 19.4. The lowest BCUT2D eigenvalue weighted by Gasteiger charge is -2.19. The molecule has 0 radical (unpaired) electrons. The minimum absolute atomic E-state index is 0.326. The van der Waals surface area contributed by atoms with Gasteiger partial charge in [0.25, 0.3) is 0 Å². The summed E-state index contributed by atoms with van der Waals surface area (Å²) in [5.74, 6) is 0.603. The highest BCUT2D eigenvalue weighted by Gasteiger charge is 2.29. The van der Waals surface area contributed by atoms with E-state index >= 15 is 0 Å². The number of ether oxygens (including phenoxy) is 1. The van der Waals surface area contributed by atoms with E-state index in [1.165, 1.54) is 13.0 Å². The molecule has 0 saturated heterocycles. The third kappa shape index (κ3) is 1.36. The normalized spacial score (nSPS) is 15.1. The predicted molar refractivity (Wildman–Crippen MR) is 49.1 cm³/mol. The molecule has 1 heterocycles. The molecule has 0 amide bonds. The van der Waals surface area contributed by atoms with Crippen LogP contribution in [0.25, 0.3) is 0 Å². The maximum absolute atomic E-state index is 12.5. The standard InChI is InChI=1S/C9H9BF3O/c1-6-7-4-5-14-9(7)3-2-8(6)10(11,12)13/h2-3H,4-5H2,1H3/q-1. The summed E-state index contributed by atoms with van der Waals surface area (Å²) < 4.78 is 42.8. The van der Waals surface area contributed by atoms with E-state index in [0.29, 0.717) is 29.9 Å². The number of benzene rings is 1. The van der Waals surface area contributed by atoms with Crippen LogP contribution < -0.4 is 10.2 Å². The minimum atomic E-state index is -4.90. The Kier molecular flexibility index (Phi) is 1.98. The van der Waals surface area contributed by atoms with Crippen molar-refractivity contribution in [2.75, 3.05) is 6.61 Å². The highest BCUT2D eigenvalue weighted by molar-refractivity contribution is 6.74. The summed E-state index contributed by atoms with van der Waals surface area (Å²) in [4.78, 5) is 0. The molecule has 0 N–H and O–H groups in total. The van der Waals surface area contributed by atoms with Gasteiger partial charge in [-0.2, -0.15) is 0 Å². The second-order valence-corrected chi connectivity index (χ2v) is 3.43. The Labute approximate surface area is 79.9 Å². The van der Waals surface area contributed by atoms with Gasteiger partial charge in [-0.15, -0.1) is 5.46 Å². The molecule has 0 fully saturated rings. The van der Waals surface area contributed by atoms with E-state index in [9.17, 15) is 12.9 Å².